The van der Waals surface area contributed by atoms with Gasteiger partial charge in [-0.05, 0) is 73.5 Å². The van der Waals surface area contributed by atoms with Crippen molar-refractivity contribution in [3.8, 4) is 0 Å². The van der Waals surface area contributed by atoms with Gasteiger partial charge in [-0.25, -0.2) is 0 Å². The normalized spacial score (nSPS) is 56.5. The summed E-state index contributed by atoms with van der Waals surface area (Å²) in [6.45, 7) is 4.90. The van der Waals surface area contributed by atoms with Gasteiger partial charge >= 0.3 is 0 Å². The molecular weight excluding hydrogens is 260 g/mol. The average Bonchev–Trinajstić information content (AvgIpc) is 2.82. The highest BCUT2D eigenvalue weighted by Gasteiger charge is 2.60. The van der Waals surface area contributed by atoms with Crippen LogP contribution in [0.3, 0.4) is 0 Å². The number of ketones is 1. The van der Waals surface area contributed by atoms with Gasteiger partial charge in [0.25, 0.3) is 0 Å². The predicted octanol–water partition coefficient (Wildman–Crippen LogP) is 3.96. The van der Waals surface area contributed by atoms with Crippen molar-refractivity contribution in [3.05, 3.63) is 0 Å². The van der Waals surface area contributed by atoms with Crippen molar-refractivity contribution >= 4 is 5.78 Å². The molecule has 4 saturated carbocycles. The molecule has 0 spiro atoms. The molecule has 0 aliphatic heterocycles. The summed E-state index contributed by atoms with van der Waals surface area (Å²) >= 11 is 0. The lowest BCUT2D eigenvalue weighted by Crippen LogP contribution is -2.56. The first-order chi connectivity index (χ1) is 9.94. The minimum absolute atomic E-state index is 0.159. The molecule has 0 radical (unpaired) electrons. The number of carbonyl (C=O) groups is 1. The van der Waals surface area contributed by atoms with Crippen LogP contribution in [0.2, 0.25) is 0 Å². The van der Waals surface area contributed by atoms with Crippen LogP contribution in [-0.2, 0) is 4.79 Å². The highest BCUT2D eigenvalue weighted by Crippen LogP contribution is 2.65. The van der Waals surface area contributed by atoms with Crippen LogP contribution < -0.4 is 0 Å². The molecule has 0 heterocycles. The lowest BCUT2D eigenvalue weighted by Gasteiger charge is -2.59. The second-order valence-corrected chi connectivity index (χ2v) is 9.13. The van der Waals surface area contributed by atoms with Crippen LogP contribution in [0.4, 0.5) is 0 Å². The van der Waals surface area contributed by atoms with Gasteiger partial charge in [-0.3, -0.25) is 4.79 Å². The van der Waals surface area contributed by atoms with Crippen LogP contribution in [0.1, 0.15) is 71.6 Å². The predicted molar refractivity (Wildman–Crippen MR) is 82.7 cm³/mol. The second-order valence-electron chi connectivity index (χ2n) is 9.13. The fourth-order valence-electron chi connectivity index (χ4n) is 6.90. The Balaban J connectivity index is 1.69. The lowest BCUT2D eigenvalue weighted by atomic mass is 9.45. The molecule has 118 valence electrons. The van der Waals surface area contributed by atoms with E-state index < -0.39 is 0 Å². The number of hydrogen-bond acceptors (Lipinski definition) is 2. The monoisotopic (exact) mass is 290 g/mol. The summed E-state index contributed by atoms with van der Waals surface area (Å²) in [6.07, 6.45) is 10.1. The standard InChI is InChI=1S/C19H30O2/c1-18-7-3-4-14(18)17-15(6-8-18)19(2)9-5-13(20)10-12(19)11-16(17)21/h12-15,17,20H,3-11H2,1-2H3/t12?,13-,14+,15+,17+,18+,19+/m1/s1. The summed E-state index contributed by atoms with van der Waals surface area (Å²) in [4.78, 5) is 12.9. The maximum absolute atomic E-state index is 12.9. The quantitative estimate of drug-likeness (QED) is 0.733. The molecule has 0 aromatic carbocycles. The molecule has 2 heteroatoms. The Kier molecular flexibility index (Phi) is 3.10. The van der Waals surface area contributed by atoms with E-state index in [1.54, 1.807) is 0 Å². The van der Waals surface area contributed by atoms with Gasteiger partial charge in [-0.15, -0.1) is 0 Å². The Morgan fingerprint density at radius 2 is 1.86 bits per heavy atom. The number of fused-ring (bicyclic) bond motifs is 5. The lowest BCUT2D eigenvalue weighted by molar-refractivity contribution is -0.158. The van der Waals surface area contributed by atoms with Crippen molar-refractivity contribution in [2.45, 2.75) is 77.7 Å². The molecule has 7 atom stereocenters. The number of aliphatic hydroxyl groups excluding tert-OH is 1. The van der Waals surface area contributed by atoms with Gasteiger partial charge in [0.1, 0.15) is 5.78 Å². The Morgan fingerprint density at radius 1 is 1.05 bits per heavy atom. The van der Waals surface area contributed by atoms with Crippen LogP contribution in [-0.4, -0.2) is 17.0 Å². The summed E-state index contributed by atoms with van der Waals surface area (Å²) in [7, 11) is 0. The zero-order valence-corrected chi connectivity index (χ0v) is 13.6. The molecule has 0 bridgehead atoms. The zero-order chi connectivity index (χ0) is 14.8. The first kappa shape index (κ1) is 14.2. The maximum atomic E-state index is 12.9. The van der Waals surface area contributed by atoms with E-state index >= 15 is 0 Å². The fourth-order valence-corrected chi connectivity index (χ4v) is 6.90. The van der Waals surface area contributed by atoms with Crippen LogP contribution in [0, 0.1) is 34.5 Å². The van der Waals surface area contributed by atoms with Gasteiger partial charge in [0.2, 0.25) is 0 Å². The number of aliphatic hydroxyl groups is 1. The molecule has 4 rings (SSSR count). The van der Waals surface area contributed by atoms with E-state index in [1.807, 2.05) is 0 Å². The summed E-state index contributed by atoms with van der Waals surface area (Å²) in [6, 6.07) is 0. The molecule has 4 aliphatic rings. The summed E-state index contributed by atoms with van der Waals surface area (Å²) in [5.41, 5.74) is 0.774. The first-order valence-corrected chi connectivity index (χ1v) is 9.15. The Morgan fingerprint density at radius 3 is 2.67 bits per heavy atom. The van der Waals surface area contributed by atoms with E-state index in [-0.39, 0.29) is 6.10 Å². The largest absolute Gasteiger partial charge is 0.393 e. The molecule has 4 fully saturated rings. The van der Waals surface area contributed by atoms with Gasteiger partial charge in [0.05, 0.1) is 6.10 Å². The van der Waals surface area contributed by atoms with Crippen LogP contribution in [0.25, 0.3) is 0 Å². The molecule has 0 aromatic rings. The summed E-state index contributed by atoms with van der Waals surface area (Å²) in [5.74, 6) is 2.61. The van der Waals surface area contributed by atoms with Gasteiger partial charge in [-0.2, -0.15) is 0 Å². The molecule has 4 aliphatic carbocycles. The maximum Gasteiger partial charge on any atom is 0.136 e. The highest BCUT2D eigenvalue weighted by atomic mass is 16.3. The fraction of sp³-hybridized carbons (Fsp3) is 0.947. The smallest absolute Gasteiger partial charge is 0.136 e. The number of rotatable bonds is 0. The topological polar surface area (TPSA) is 37.3 Å². The molecule has 1 N–H and O–H groups in total. The molecule has 0 aromatic heterocycles. The van der Waals surface area contributed by atoms with Crippen molar-refractivity contribution < 1.29 is 9.90 Å². The number of hydrogen-bond donors (Lipinski definition) is 1. The third-order valence-electron chi connectivity index (χ3n) is 8.22. The van der Waals surface area contributed by atoms with Gasteiger partial charge in [0, 0.05) is 12.3 Å². The van der Waals surface area contributed by atoms with E-state index in [0.29, 0.717) is 40.3 Å². The third kappa shape index (κ3) is 1.90. The third-order valence-corrected chi connectivity index (χ3v) is 8.22. The van der Waals surface area contributed by atoms with Crippen LogP contribution >= 0.6 is 0 Å². The van der Waals surface area contributed by atoms with Crippen LogP contribution in [0.5, 0.6) is 0 Å². The van der Waals surface area contributed by atoms with Crippen LogP contribution in [0.15, 0.2) is 0 Å². The molecule has 21 heavy (non-hydrogen) atoms. The molecule has 0 amide bonds. The van der Waals surface area contributed by atoms with E-state index in [9.17, 15) is 9.90 Å². The van der Waals surface area contributed by atoms with Crippen molar-refractivity contribution in [3.63, 3.8) is 0 Å². The van der Waals surface area contributed by atoms with Gasteiger partial charge < -0.3 is 5.11 Å². The van der Waals surface area contributed by atoms with Crippen molar-refractivity contribution in [2.75, 3.05) is 0 Å². The highest BCUT2D eigenvalue weighted by molar-refractivity contribution is 5.83. The Hall–Kier alpha value is -0.370. The molecule has 2 nitrogen and oxygen atoms in total. The van der Waals surface area contributed by atoms with E-state index in [0.717, 1.165) is 25.7 Å². The van der Waals surface area contributed by atoms with E-state index in [2.05, 4.69) is 13.8 Å². The van der Waals surface area contributed by atoms with Gasteiger partial charge in [-0.1, -0.05) is 20.3 Å². The van der Waals surface area contributed by atoms with Crippen molar-refractivity contribution in [1.29, 1.82) is 0 Å². The minimum atomic E-state index is -0.159. The minimum Gasteiger partial charge on any atom is -0.393 e. The van der Waals surface area contributed by atoms with Gasteiger partial charge in [0.15, 0.2) is 0 Å². The van der Waals surface area contributed by atoms with E-state index in [4.69, 9.17) is 0 Å². The van der Waals surface area contributed by atoms with Crippen molar-refractivity contribution in [1.82, 2.24) is 0 Å². The Bertz CT molecular complexity index is 458. The van der Waals surface area contributed by atoms with E-state index in [1.165, 1.54) is 32.1 Å². The SMILES string of the molecule is C[C@@]12CCC[C@H]1[C@@H]1C(=O)CC3C[C@H](O)CC[C@]3(C)[C@H]1CC2. The zero-order valence-electron chi connectivity index (χ0n) is 13.6. The number of Topliss-reactive ketones (excluding diaryl/α,β-unsaturated/α-hetero) is 1. The number of carbonyl (C=O) groups excluding carboxylic acids is 1. The second kappa shape index (κ2) is 4.57. The average molecular weight is 290 g/mol. The first-order valence-electron chi connectivity index (χ1n) is 9.15. The molecular formula is C19H30O2. The molecule has 1 unspecified atom stereocenters. The Labute approximate surface area is 128 Å². The summed E-state index contributed by atoms with van der Waals surface area (Å²) < 4.78 is 0. The summed E-state index contributed by atoms with van der Waals surface area (Å²) in [5, 5.41) is 10.0. The molecule has 0 saturated heterocycles. The van der Waals surface area contributed by atoms with Crippen molar-refractivity contribution in [2.24, 2.45) is 34.5 Å².